The lowest BCUT2D eigenvalue weighted by Gasteiger charge is -2.17. The van der Waals surface area contributed by atoms with E-state index in [0.717, 1.165) is 12.0 Å². The maximum Gasteiger partial charge on any atom is 0.260 e. The molecule has 0 spiro atoms. The predicted molar refractivity (Wildman–Crippen MR) is 105 cm³/mol. The SMILES string of the molecule is CCOC1CC1NC(=O)c1c[nH]c(=O)c(C(=O)N(C)CCc2ccccc2)c1. The van der Waals surface area contributed by atoms with E-state index in [1.165, 1.54) is 17.2 Å². The molecule has 148 valence electrons. The molecular weight excluding hydrogens is 358 g/mol. The van der Waals surface area contributed by atoms with Gasteiger partial charge in [-0.25, -0.2) is 0 Å². The van der Waals surface area contributed by atoms with Crippen LogP contribution >= 0.6 is 0 Å². The van der Waals surface area contributed by atoms with E-state index in [9.17, 15) is 14.4 Å². The molecule has 2 amide bonds. The molecule has 1 heterocycles. The average molecular weight is 383 g/mol. The standard InChI is InChI=1S/C21H25N3O4/c1-3-28-18-12-17(18)23-19(25)15-11-16(20(26)22-13-15)21(27)24(2)10-9-14-7-5-4-6-8-14/h4-8,11,13,17-18H,3,9-10,12H2,1-2H3,(H,22,26)(H,23,25). The van der Waals surface area contributed by atoms with Crippen LogP contribution in [0.4, 0.5) is 0 Å². The second kappa shape index (κ2) is 8.84. The highest BCUT2D eigenvalue weighted by atomic mass is 16.5. The molecule has 2 aromatic rings. The van der Waals surface area contributed by atoms with Crippen molar-refractivity contribution >= 4 is 11.8 Å². The maximum atomic E-state index is 12.7. The van der Waals surface area contributed by atoms with Crippen molar-refractivity contribution in [3.05, 3.63) is 69.6 Å². The van der Waals surface area contributed by atoms with Gasteiger partial charge in [-0.05, 0) is 31.4 Å². The number of hydrogen-bond acceptors (Lipinski definition) is 4. The Bertz CT molecular complexity index is 894. The summed E-state index contributed by atoms with van der Waals surface area (Å²) in [5.74, 6) is -0.741. The van der Waals surface area contributed by atoms with Gasteiger partial charge >= 0.3 is 0 Å². The fourth-order valence-electron chi connectivity index (χ4n) is 3.00. The Labute approximate surface area is 163 Å². The normalized spacial score (nSPS) is 17.8. The molecule has 1 aliphatic rings. The first-order valence-electron chi connectivity index (χ1n) is 9.44. The number of nitrogens with zero attached hydrogens (tertiary/aromatic N) is 1. The molecule has 0 radical (unpaired) electrons. The molecule has 7 nitrogen and oxygen atoms in total. The van der Waals surface area contributed by atoms with Gasteiger partial charge in [0.25, 0.3) is 17.4 Å². The highest BCUT2D eigenvalue weighted by Crippen LogP contribution is 2.25. The number of amides is 2. The lowest BCUT2D eigenvalue weighted by molar-refractivity contribution is 0.0795. The smallest absolute Gasteiger partial charge is 0.260 e. The Morgan fingerprint density at radius 3 is 2.75 bits per heavy atom. The molecule has 1 aromatic carbocycles. The molecule has 3 rings (SSSR count). The molecule has 0 bridgehead atoms. The van der Waals surface area contributed by atoms with Crippen molar-refractivity contribution in [2.75, 3.05) is 20.2 Å². The summed E-state index contributed by atoms with van der Waals surface area (Å²) in [6, 6.07) is 11.1. The van der Waals surface area contributed by atoms with Crippen molar-refractivity contribution in [1.82, 2.24) is 15.2 Å². The van der Waals surface area contributed by atoms with Gasteiger partial charge in [-0.2, -0.15) is 0 Å². The Morgan fingerprint density at radius 1 is 1.29 bits per heavy atom. The highest BCUT2D eigenvalue weighted by molar-refractivity contribution is 5.99. The Hall–Kier alpha value is -2.93. The largest absolute Gasteiger partial charge is 0.376 e. The molecule has 1 fully saturated rings. The highest BCUT2D eigenvalue weighted by Gasteiger charge is 2.39. The monoisotopic (exact) mass is 383 g/mol. The number of rotatable bonds is 8. The van der Waals surface area contributed by atoms with E-state index in [1.54, 1.807) is 7.05 Å². The number of benzene rings is 1. The van der Waals surface area contributed by atoms with Gasteiger partial charge in [-0.1, -0.05) is 30.3 Å². The van der Waals surface area contributed by atoms with Crippen molar-refractivity contribution in [3.8, 4) is 0 Å². The van der Waals surface area contributed by atoms with Crippen LogP contribution in [-0.4, -0.2) is 54.0 Å². The third-order valence-electron chi connectivity index (χ3n) is 4.75. The predicted octanol–water partition coefficient (Wildman–Crippen LogP) is 1.60. The number of aromatic amines is 1. The van der Waals surface area contributed by atoms with E-state index in [1.807, 2.05) is 37.3 Å². The Balaban J connectivity index is 1.64. The van der Waals surface area contributed by atoms with E-state index in [0.29, 0.717) is 19.6 Å². The van der Waals surface area contributed by atoms with Crippen LogP contribution in [0.2, 0.25) is 0 Å². The van der Waals surface area contributed by atoms with Crippen LogP contribution in [0.5, 0.6) is 0 Å². The van der Waals surface area contributed by atoms with Crippen molar-refractivity contribution in [1.29, 1.82) is 0 Å². The number of pyridine rings is 1. The number of hydrogen-bond donors (Lipinski definition) is 2. The third-order valence-corrected chi connectivity index (χ3v) is 4.75. The van der Waals surface area contributed by atoms with E-state index >= 15 is 0 Å². The molecule has 2 unspecified atom stereocenters. The zero-order valence-corrected chi connectivity index (χ0v) is 16.1. The average Bonchev–Trinajstić information content (AvgIpc) is 3.44. The van der Waals surface area contributed by atoms with Gasteiger partial charge < -0.3 is 19.9 Å². The maximum absolute atomic E-state index is 12.7. The second-order valence-corrected chi connectivity index (χ2v) is 6.90. The fraction of sp³-hybridized carbons (Fsp3) is 0.381. The van der Waals surface area contributed by atoms with Crippen LogP contribution in [-0.2, 0) is 11.2 Å². The number of nitrogens with one attached hydrogen (secondary N) is 2. The van der Waals surface area contributed by atoms with Crippen molar-refractivity contribution in [3.63, 3.8) is 0 Å². The number of H-pyrrole nitrogens is 1. The van der Waals surface area contributed by atoms with E-state index in [-0.39, 0.29) is 29.2 Å². The first-order valence-corrected chi connectivity index (χ1v) is 9.44. The van der Waals surface area contributed by atoms with Gasteiger partial charge in [0.05, 0.1) is 17.7 Å². The van der Waals surface area contributed by atoms with E-state index in [2.05, 4.69) is 10.3 Å². The molecule has 7 heteroatoms. The van der Waals surface area contributed by atoms with Crippen LogP contribution in [0.15, 0.2) is 47.4 Å². The molecule has 0 saturated heterocycles. The summed E-state index contributed by atoms with van der Waals surface area (Å²) in [5.41, 5.74) is 0.811. The zero-order valence-electron chi connectivity index (χ0n) is 16.1. The summed E-state index contributed by atoms with van der Waals surface area (Å²) in [4.78, 5) is 41.2. The Kier molecular flexibility index (Phi) is 6.26. The molecule has 1 aromatic heterocycles. The molecule has 1 aliphatic carbocycles. The minimum absolute atomic E-state index is 0.0212. The Morgan fingerprint density at radius 2 is 2.04 bits per heavy atom. The van der Waals surface area contributed by atoms with Crippen LogP contribution in [0.1, 0.15) is 39.6 Å². The molecular formula is C21H25N3O4. The van der Waals surface area contributed by atoms with Gasteiger partial charge in [0.1, 0.15) is 5.56 Å². The van der Waals surface area contributed by atoms with E-state index < -0.39 is 11.5 Å². The minimum Gasteiger partial charge on any atom is -0.376 e. The zero-order chi connectivity index (χ0) is 20.1. The molecule has 1 saturated carbocycles. The molecule has 2 N–H and O–H groups in total. The van der Waals surface area contributed by atoms with Crippen molar-refractivity contribution < 1.29 is 14.3 Å². The van der Waals surface area contributed by atoms with Gasteiger partial charge in [-0.3, -0.25) is 14.4 Å². The summed E-state index contributed by atoms with van der Waals surface area (Å²) in [6.45, 7) is 2.98. The summed E-state index contributed by atoms with van der Waals surface area (Å²) in [5, 5.41) is 2.86. The van der Waals surface area contributed by atoms with Gasteiger partial charge in [0.2, 0.25) is 0 Å². The van der Waals surface area contributed by atoms with Crippen LogP contribution < -0.4 is 10.9 Å². The first-order chi connectivity index (χ1) is 13.5. The van der Waals surface area contributed by atoms with Gasteiger partial charge in [0, 0.05) is 26.4 Å². The van der Waals surface area contributed by atoms with Crippen LogP contribution in [0.25, 0.3) is 0 Å². The topological polar surface area (TPSA) is 91.5 Å². The van der Waals surface area contributed by atoms with Crippen LogP contribution in [0, 0.1) is 0 Å². The quantitative estimate of drug-likeness (QED) is 0.724. The molecule has 2 atom stereocenters. The fourth-order valence-corrected chi connectivity index (χ4v) is 3.00. The number of likely N-dealkylation sites (N-methyl/N-ethyl adjacent to an activating group) is 1. The lowest BCUT2D eigenvalue weighted by atomic mass is 10.1. The van der Waals surface area contributed by atoms with Crippen LogP contribution in [0.3, 0.4) is 0 Å². The van der Waals surface area contributed by atoms with E-state index in [4.69, 9.17) is 4.74 Å². The second-order valence-electron chi connectivity index (χ2n) is 6.90. The number of carbonyl (C=O) groups excluding carboxylic acids is 2. The lowest BCUT2D eigenvalue weighted by Crippen LogP contribution is -2.34. The number of carbonyl (C=O) groups is 2. The summed E-state index contributed by atoms with van der Waals surface area (Å²) in [7, 11) is 1.65. The molecule has 0 aliphatic heterocycles. The number of aromatic nitrogens is 1. The summed E-state index contributed by atoms with van der Waals surface area (Å²) >= 11 is 0. The summed E-state index contributed by atoms with van der Waals surface area (Å²) in [6.07, 6.45) is 2.83. The minimum atomic E-state index is -0.508. The van der Waals surface area contributed by atoms with Gasteiger partial charge in [-0.15, -0.1) is 0 Å². The molecule has 28 heavy (non-hydrogen) atoms. The van der Waals surface area contributed by atoms with Crippen molar-refractivity contribution in [2.45, 2.75) is 31.9 Å². The van der Waals surface area contributed by atoms with Gasteiger partial charge in [0.15, 0.2) is 0 Å². The van der Waals surface area contributed by atoms with Crippen molar-refractivity contribution in [2.24, 2.45) is 0 Å². The summed E-state index contributed by atoms with van der Waals surface area (Å²) < 4.78 is 5.44. The number of ether oxygens (including phenoxy) is 1. The first kappa shape index (κ1) is 19.8. The third kappa shape index (κ3) is 4.86.